The minimum absolute atomic E-state index is 0.243. The van der Waals surface area contributed by atoms with Crippen LogP contribution in [0.2, 0.25) is 0 Å². The minimum atomic E-state index is 0.243. The van der Waals surface area contributed by atoms with Crippen molar-refractivity contribution in [2.45, 2.75) is 43.9 Å². The van der Waals surface area contributed by atoms with Gasteiger partial charge in [0.2, 0.25) is 5.91 Å². The molecule has 0 N–H and O–H groups in total. The molecule has 1 aromatic heterocycles. The van der Waals surface area contributed by atoms with E-state index in [0.717, 1.165) is 38.9 Å². The van der Waals surface area contributed by atoms with Crippen LogP contribution in [0.25, 0.3) is 0 Å². The number of nitrogens with zero attached hydrogens (tertiary/aromatic N) is 3. The van der Waals surface area contributed by atoms with Gasteiger partial charge in [0, 0.05) is 51.6 Å². The molecule has 2 aliphatic heterocycles. The number of ether oxygens (including phenoxy) is 1. The molecule has 2 fully saturated rings. The summed E-state index contributed by atoms with van der Waals surface area (Å²) in [7, 11) is 1.80. The zero-order chi connectivity index (χ0) is 19.3. The van der Waals surface area contributed by atoms with E-state index in [1.165, 1.54) is 11.1 Å². The van der Waals surface area contributed by atoms with Crippen molar-refractivity contribution in [1.29, 1.82) is 0 Å². The van der Waals surface area contributed by atoms with Gasteiger partial charge in [0.25, 0.3) is 0 Å². The number of benzene rings is 1. The van der Waals surface area contributed by atoms with Crippen molar-refractivity contribution in [2.75, 3.05) is 26.7 Å². The number of hydrogen-bond donors (Lipinski definition) is 0. The van der Waals surface area contributed by atoms with E-state index in [0.29, 0.717) is 18.5 Å². The van der Waals surface area contributed by atoms with E-state index >= 15 is 0 Å². The molecule has 3 heterocycles. The summed E-state index contributed by atoms with van der Waals surface area (Å²) in [5.41, 5.74) is 2.51. The highest BCUT2D eigenvalue weighted by Gasteiger charge is 2.44. The second kappa shape index (κ2) is 8.84. The number of aryl methyl sites for hydroxylation is 1. The Morgan fingerprint density at radius 3 is 2.50 bits per heavy atom. The van der Waals surface area contributed by atoms with E-state index in [4.69, 9.17) is 4.74 Å². The monoisotopic (exact) mass is 379 g/mol. The highest BCUT2D eigenvalue weighted by Crippen LogP contribution is 2.39. The highest BCUT2D eigenvalue weighted by atomic mass is 16.5. The lowest BCUT2D eigenvalue weighted by Gasteiger charge is -2.53. The van der Waals surface area contributed by atoms with Gasteiger partial charge in [-0.25, -0.2) is 0 Å². The maximum absolute atomic E-state index is 12.6. The Hall–Kier alpha value is -2.24. The number of carbonyl (C=O) groups is 1. The van der Waals surface area contributed by atoms with Crippen molar-refractivity contribution in [3.8, 4) is 0 Å². The third kappa shape index (κ3) is 4.10. The standard InChI is InChI=1S/C23H29N3O2/c1-28-21-17-26(23(21)19-9-13-24-14-10-19)20-11-15-25(16-12-20)22(27)8-7-18-5-3-2-4-6-18/h2-6,9-10,13-14,20-21,23H,7-8,11-12,15-17H2,1H3/t21-,23-/m0/s1. The van der Waals surface area contributed by atoms with E-state index in [1.54, 1.807) is 7.11 Å². The summed E-state index contributed by atoms with van der Waals surface area (Å²) in [5.74, 6) is 0.284. The molecule has 2 aliphatic rings. The van der Waals surface area contributed by atoms with Crippen molar-refractivity contribution in [2.24, 2.45) is 0 Å². The number of likely N-dealkylation sites (tertiary alicyclic amines) is 2. The molecule has 0 spiro atoms. The molecule has 5 heteroatoms. The first kappa shape index (κ1) is 19.1. The Bertz CT molecular complexity index is 760. The van der Waals surface area contributed by atoms with Gasteiger partial charge in [0.05, 0.1) is 12.1 Å². The van der Waals surface area contributed by atoms with Crippen molar-refractivity contribution < 1.29 is 9.53 Å². The van der Waals surface area contributed by atoms with Gasteiger partial charge in [0.1, 0.15) is 0 Å². The smallest absolute Gasteiger partial charge is 0.222 e. The average Bonchev–Trinajstić information content (AvgIpc) is 2.74. The molecule has 0 radical (unpaired) electrons. The number of rotatable bonds is 6. The molecule has 0 saturated carbocycles. The Morgan fingerprint density at radius 2 is 1.82 bits per heavy atom. The molecule has 148 valence electrons. The van der Waals surface area contributed by atoms with Gasteiger partial charge in [-0.2, -0.15) is 0 Å². The van der Waals surface area contributed by atoms with Crippen molar-refractivity contribution in [3.63, 3.8) is 0 Å². The third-order valence-electron chi connectivity index (χ3n) is 6.21. The van der Waals surface area contributed by atoms with Crippen LogP contribution in [0.5, 0.6) is 0 Å². The molecular weight excluding hydrogens is 350 g/mol. The first-order valence-electron chi connectivity index (χ1n) is 10.3. The largest absolute Gasteiger partial charge is 0.378 e. The predicted molar refractivity (Wildman–Crippen MR) is 109 cm³/mol. The average molecular weight is 380 g/mol. The summed E-state index contributed by atoms with van der Waals surface area (Å²) in [4.78, 5) is 21.3. The Morgan fingerprint density at radius 1 is 1.11 bits per heavy atom. The molecule has 2 atom stereocenters. The number of methoxy groups -OCH3 is 1. The summed E-state index contributed by atoms with van der Waals surface area (Å²) in [6, 6.07) is 15.3. The molecule has 28 heavy (non-hydrogen) atoms. The molecule has 0 aliphatic carbocycles. The van der Waals surface area contributed by atoms with Crippen LogP contribution in [-0.4, -0.2) is 59.6 Å². The van der Waals surface area contributed by atoms with Crippen LogP contribution in [-0.2, 0) is 16.0 Å². The van der Waals surface area contributed by atoms with E-state index in [9.17, 15) is 4.79 Å². The molecule has 2 aromatic rings. The number of carbonyl (C=O) groups excluding carboxylic acids is 1. The molecule has 2 saturated heterocycles. The van der Waals surface area contributed by atoms with Crippen LogP contribution < -0.4 is 0 Å². The zero-order valence-electron chi connectivity index (χ0n) is 16.5. The normalized spacial score (nSPS) is 23.4. The lowest BCUT2D eigenvalue weighted by molar-refractivity contribution is -0.137. The Balaban J connectivity index is 1.29. The second-order valence-corrected chi connectivity index (χ2v) is 7.79. The summed E-state index contributed by atoms with van der Waals surface area (Å²) >= 11 is 0. The number of hydrogen-bond acceptors (Lipinski definition) is 4. The van der Waals surface area contributed by atoms with Crippen molar-refractivity contribution in [1.82, 2.24) is 14.8 Å². The molecule has 1 aromatic carbocycles. The topological polar surface area (TPSA) is 45.7 Å². The van der Waals surface area contributed by atoms with Gasteiger partial charge in [-0.15, -0.1) is 0 Å². The fourth-order valence-corrected chi connectivity index (χ4v) is 4.54. The SMILES string of the molecule is CO[C@H]1CN(C2CCN(C(=O)CCc3ccccc3)CC2)[C@H]1c1ccncc1. The lowest BCUT2D eigenvalue weighted by Crippen LogP contribution is -2.60. The van der Waals surface area contributed by atoms with Gasteiger partial charge in [-0.3, -0.25) is 14.7 Å². The highest BCUT2D eigenvalue weighted by molar-refractivity contribution is 5.76. The first-order valence-corrected chi connectivity index (χ1v) is 10.3. The third-order valence-corrected chi connectivity index (χ3v) is 6.21. The maximum atomic E-state index is 12.6. The molecular formula is C23H29N3O2. The number of piperidine rings is 1. The van der Waals surface area contributed by atoms with Crippen molar-refractivity contribution >= 4 is 5.91 Å². The van der Waals surface area contributed by atoms with Crippen LogP contribution >= 0.6 is 0 Å². The molecule has 0 unspecified atom stereocenters. The Labute approximate surface area is 167 Å². The van der Waals surface area contributed by atoms with E-state index in [2.05, 4.69) is 39.0 Å². The lowest BCUT2D eigenvalue weighted by atomic mass is 9.87. The summed E-state index contributed by atoms with van der Waals surface area (Å²) in [6.07, 6.45) is 7.45. The predicted octanol–water partition coefficient (Wildman–Crippen LogP) is 3.08. The van der Waals surface area contributed by atoms with Crippen LogP contribution in [0.1, 0.15) is 36.4 Å². The molecule has 5 nitrogen and oxygen atoms in total. The van der Waals surface area contributed by atoms with Crippen LogP contribution in [0.4, 0.5) is 0 Å². The minimum Gasteiger partial charge on any atom is -0.378 e. The van der Waals surface area contributed by atoms with Gasteiger partial charge in [0.15, 0.2) is 0 Å². The number of aromatic nitrogens is 1. The number of amides is 1. The van der Waals surface area contributed by atoms with Crippen LogP contribution in [0, 0.1) is 0 Å². The van der Waals surface area contributed by atoms with E-state index in [1.807, 2.05) is 30.6 Å². The van der Waals surface area contributed by atoms with Crippen LogP contribution in [0.15, 0.2) is 54.9 Å². The first-order chi connectivity index (χ1) is 13.8. The maximum Gasteiger partial charge on any atom is 0.222 e. The summed E-state index contributed by atoms with van der Waals surface area (Å²) in [6.45, 7) is 2.68. The van der Waals surface area contributed by atoms with Gasteiger partial charge in [-0.05, 0) is 42.5 Å². The van der Waals surface area contributed by atoms with E-state index < -0.39 is 0 Å². The Kier molecular flexibility index (Phi) is 6.03. The molecule has 0 bridgehead atoms. The fraction of sp³-hybridized carbons (Fsp3) is 0.478. The zero-order valence-corrected chi connectivity index (χ0v) is 16.5. The van der Waals surface area contributed by atoms with Crippen LogP contribution in [0.3, 0.4) is 0 Å². The molecule has 4 rings (SSSR count). The van der Waals surface area contributed by atoms with Crippen molar-refractivity contribution in [3.05, 3.63) is 66.0 Å². The number of pyridine rings is 1. The quantitative estimate of drug-likeness (QED) is 0.774. The van der Waals surface area contributed by atoms with Gasteiger partial charge < -0.3 is 9.64 Å². The van der Waals surface area contributed by atoms with E-state index in [-0.39, 0.29) is 12.0 Å². The summed E-state index contributed by atoms with van der Waals surface area (Å²) < 4.78 is 5.68. The fourth-order valence-electron chi connectivity index (χ4n) is 4.54. The molecule has 1 amide bonds. The van der Waals surface area contributed by atoms with Gasteiger partial charge >= 0.3 is 0 Å². The second-order valence-electron chi connectivity index (χ2n) is 7.79. The van der Waals surface area contributed by atoms with Gasteiger partial charge in [-0.1, -0.05) is 30.3 Å². The summed E-state index contributed by atoms with van der Waals surface area (Å²) in [5, 5.41) is 0.